The first kappa shape index (κ1) is 14.7. The standard InChI is InChI=1S/C17H30N2S/c1-13-6-7-15(14(2)10-13)19-16-18-11-17(12-20-16)8-4-3-5-9-17/h13-15H,3-12H2,1-2H3,(H,18,19). The van der Waals surface area contributed by atoms with Crippen LogP contribution in [0.15, 0.2) is 4.99 Å². The van der Waals surface area contributed by atoms with E-state index in [9.17, 15) is 0 Å². The molecule has 2 saturated carbocycles. The van der Waals surface area contributed by atoms with Crippen molar-refractivity contribution in [3.8, 4) is 0 Å². The topological polar surface area (TPSA) is 24.4 Å². The Balaban J connectivity index is 1.54. The molecule has 3 rings (SSSR count). The highest BCUT2D eigenvalue weighted by Crippen LogP contribution is 2.42. The maximum atomic E-state index is 4.92. The maximum absolute atomic E-state index is 4.92. The second-order valence-electron chi connectivity index (χ2n) is 7.62. The predicted molar refractivity (Wildman–Crippen MR) is 89.4 cm³/mol. The average molecular weight is 295 g/mol. The second kappa shape index (κ2) is 6.29. The predicted octanol–water partition coefficient (Wildman–Crippen LogP) is 4.45. The number of aliphatic imine (C=N–C) groups is 1. The van der Waals surface area contributed by atoms with E-state index in [1.807, 2.05) is 11.8 Å². The molecule has 1 aliphatic heterocycles. The molecule has 0 aromatic rings. The lowest BCUT2D eigenvalue weighted by Gasteiger charge is -2.40. The van der Waals surface area contributed by atoms with Crippen LogP contribution in [0.25, 0.3) is 0 Å². The fourth-order valence-corrected chi connectivity index (χ4v) is 5.50. The van der Waals surface area contributed by atoms with Crippen LogP contribution in [-0.4, -0.2) is 23.5 Å². The van der Waals surface area contributed by atoms with Gasteiger partial charge in [0.25, 0.3) is 0 Å². The molecule has 3 atom stereocenters. The number of thioether (sulfide) groups is 1. The SMILES string of the molecule is CC1CCC(NC2=NCC3(CCCCC3)CS2)C(C)C1. The lowest BCUT2D eigenvalue weighted by molar-refractivity contribution is 0.230. The molecule has 0 aromatic carbocycles. The molecule has 20 heavy (non-hydrogen) atoms. The molecule has 0 radical (unpaired) electrons. The quantitative estimate of drug-likeness (QED) is 0.772. The summed E-state index contributed by atoms with van der Waals surface area (Å²) in [5.41, 5.74) is 0.556. The van der Waals surface area contributed by atoms with Crippen molar-refractivity contribution in [2.75, 3.05) is 12.3 Å². The van der Waals surface area contributed by atoms with E-state index in [-0.39, 0.29) is 0 Å². The number of nitrogens with zero attached hydrogens (tertiary/aromatic N) is 1. The van der Waals surface area contributed by atoms with E-state index in [2.05, 4.69) is 19.2 Å². The molecule has 2 fully saturated rings. The zero-order chi connectivity index (χ0) is 14.0. The largest absolute Gasteiger partial charge is 0.362 e. The number of amidine groups is 1. The molecule has 1 heterocycles. The Morgan fingerprint density at radius 2 is 1.95 bits per heavy atom. The molecule has 1 N–H and O–H groups in total. The van der Waals surface area contributed by atoms with Crippen LogP contribution in [-0.2, 0) is 0 Å². The van der Waals surface area contributed by atoms with Gasteiger partial charge < -0.3 is 5.32 Å². The third-order valence-corrected chi connectivity index (χ3v) is 7.00. The maximum Gasteiger partial charge on any atom is 0.156 e. The molecule has 0 amide bonds. The summed E-state index contributed by atoms with van der Waals surface area (Å²) < 4.78 is 0. The molecule has 3 aliphatic rings. The van der Waals surface area contributed by atoms with Gasteiger partial charge in [-0.25, -0.2) is 0 Å². The van der Waals surface area contributed by atoms with Gasteiger partial charge in [-0.3, -0.25) is 4.99 Å². The number of hydrogen-bond donors (Lipinski definition) is 1. The molecule has 0 aromatic heterocycles. The zero-order valence-electron chi connectivity index (χ0n) is 13.2. The Hall–Kier alpha value is -0.180. The van der Waals surface area contributed by atoms with Crippen LogP contribution in [0.3, 0.4) is 0 Å². The fourth-order valence-electron chi connectivity index (χ4n) is 4.28. The normalized spacial score (nSPS) is 37.5. The fraction of sp³-hybridized carbons (Fsp3) is 0.941. The molecule has 2 aliphatic carbocycles. The third kappa shape index (κ3) is 3.35. The van der Waals surface area contributed by atoms with Gasteiger partial charge in [0.15, 0.2) is 5.17 Å². The summed E-state index contributed by atoms with van der Waals surface area (Å²) in [6.45, 7) is 5.89. The Bertz CT molecular complexity index is 360. The summed E-state index contributed by atoms with van der Waals surface area (Å²) in [5, 5.41) is 5.01. The molecule has 0 bridgehead atoms. The Kier molecular flexibility index (Phi) is 4.64. The first-order valence-electron chi connectivity index (χ1n) is 8.61. The van der Waals surface area contributed by atoms with Crippen LogP contribution in [0.2, 0.25) is 0 Å². The third-order valence-electron chi connectivity index (χ3n) is 5.73. The van der Waals surface area contributed by atoms with Gasteiger partial charge in [0.1, 0.15) is 0 Å². The van der Waals surface area contributed by atoms with E-state index in [1.165, 1.54) is 62.3 Å². The summed E-state index contributed by atoms with van der Waals surface area (Å²) in [4.78, 5) is 4.92. The van der Waals surface area contributed by atoms with Crippen molar-refractivity contribution < 1.29 is 0 Å². The van der Waals surface area contributed by atoms with E-state index in [0.29, 0.717) is 11.5 Å². The van der Waals surface area contributed by atoms with Crippen LogP contribution in [0.1, 0.15) is 65.2 Å². The Morgan fingerprint density at radius 3 is 2.60 bits per heavy atom. The smallest absolute Gasteiger partial charge is 0.156 e. The highest BCUT2D eigenvalue weighted by molar-refractivity contribution is 8.13. The average Bonchev–Trinajstić information content (AvgIpc) is 2.45. The number of nitrogens with one attached hydrogen (secondary N) is 1. The summed E-state index contributed by atoms with van der Waals surface area (Å²) >= 11 is 2.00. The summed E-state index contributed by atoms with van der Waals surface area (Å²) in [5.74, 6) is 3.01. The van der Waals surface area contributed by atoms with Gasteiger partial charge in [-0.05, 0) is 49.4 Å². The van der Waals surface area contributed by atoms with Gasteiger partial charge in [0, 0.05) is 18.3 Å². The number of hydrogen-bond acceptors (Lipinski definition) is 3. The molecule has 1 spiro atoms. The van der Waals surface area contributed by atoms with Crippen LogP contribution >= 0.6 is 11.8 Å². The zero-order valence-corrected chi connectivity index (χ0v) is 14.0. The van der Waals surface area contributed by atoms with Crippen LogP contribution in [0, 0.1) is 17.3 Å². The van der Waals surface area contributed by atoms with Crippen molar-refractivity contribution >= 4 is 16.9 Å². The van der Waals surface area contributed by atoms with E-state index in [1.54, 1.807) is 0 Å². The highest BCUT2D eigenvalue weighted by Gasteiger charge is 2.35. The van der Waals surface area contributed by atoms with E-state index >= 15 is 0 Å². The van der Waals surface area contributed by atoms with Crippen molar-refractivity contribution in [1.29, 1.82) is 0 Å². The minimum Gasteiger partial charge on any atom is -0.362 e. The molecular formula is C17H30N2S. The van der Waals surface area contributed by atoms with Crippen LogP contribution < -0.4 is 5.32 Å². The molecular weight excluding hydrogens is 264 g/mol. The minimum atomic E-state index is 0.556. The van der Waals surface area contributed by atoms with Crippen molar-refractivity contribution in [2.45, 2.75) is 71.3 Å². The first-order valence-corrected chi connectivity index (χ1v) is 9.59. The van der Waals surface area contributed by atoms with Gasteiger partial charge in [-0.15, -0.1) is 0 Å². The molecule has 114 valence electrons. The molecule has 3 unspecified atom stereocenters. The van der Waals surface area contributed by atoms with Gasteiger partial charge in [-0.1, -0.05) is 44.9 Å². The van der Waals surface area contributed by atoms with E-state index in [4.69, 9.17) is 4.99 Å². The molecule has 2 nitrogen and oxygen atoms in total. The molecule has 3 heteroatoms. The summed E-state index contributed by atoms with van der Waals surface area (Å²) in [7, 11) is 0. The van der Waals surface area contributed by atoms with Crippen LogP contribution in [0.5, 0.6) is 0 Å². The minimum absolute atomic E-state index is 0.556. The van der Waals surface area contributed by atoms with Crippen LogP contribution in [0.4, 0.5) is 0 Å². The van der Waals surface area contributed by atoms with Crippen molar-refractivity contribution in [3.63, 3.8) is 0 Å². The van der Waals surface area contributed by atoms with Crippen molar-refractivity contribution in [3.05, 3.63) is 0 Å². The van der Waals surface area contributed by atoms with Gasteiger partial charge in [-0.2, -0.15) is 0 Å². The monoisotopic (exact) mass is 294 g/mol. The highest BCUT2D eigenvalue weighted by atomic mass is 32.2. The molecule has 0 saturated heterocycles. The number of rotatable bonds is 1. The summed E-state index contributed by atoms with van der Waals surface area (Å²) in [6, 6.07) is 0.665. The Labute approximate surface area is 128 Å². The lowest BCUT2D eigenvalue weighted by Crippen LogP contribution is -2.44. The lowest BCUT2D eigenvalue weighted by atomic mass is 9.75. The second-order valence-corrected chi connectivity index (χ2v) is 8.58. The Morgan fingerprint density at radius 1 is 1.15 bits per heavy atom. The van der Waals surface area contributed by atoms with Gasteiger partial charge >= 0.3 is 0 Å². The van der Waals surface area contributed by atoms with E-state index in [0.717, 1.165) is 18.4 Å². The first-order chi connectivity index (χ1) is 9.67. The summed E-state index contributed by atoms with van der Waals surface area (Å²) in [6.07, 6.45) is 11.2. The van der Waals surface area contributed by atoms with Crippen molar-refractivity contribution in [1.82, 2.24) is 5.32 Å². The van der Waals surface area contributed by atoms with Gasteiger partial charge in [0.05, 0.1) is 0 Å². The van der Waals surface area contributed by atoms with E-state index < -0.39 is 0 Å². The van der Waals surface area contributed by atoms with Gasteiger partial charge in [0.2, 0.25) is 0 Å². The van der Waals surface area contributed by atoms with Crippen molar-refractivity contribution in [2.24, 2.45) is 22.2 Å².